The Kier molecular flexibility index (Phi) is 40.1. The molecule has 55 heavy (non-hydrogen) atoms. The number of nitrogens with one attached hydrogen (secondary N) is 1. The molecule has 3 N–H and O–H groups in total. The molecule has 0 radical (unpaired) electrons. The lowest BCUT2D eigenvalue weighted by molar-refractivity contribution is -0.167. The van der Waals surface area contributed by atoms with Gasteiger partial charge < -0.3 is 19.9 Å². The zero-order valence-electron chi connectivity index (χ0n) is 36.6. The monoisotopic (exact) mass is 808 g/mol. The molecular formula is C44H89NO9S. The van der Waals surface area contributed by atoms with Crippen molar-refractivity contribution in [1.29, 1.82) is 0 Å². The van der Waals surface area contributed by atoms with E-state index in [-0.39, 0.29) is 18.5 Å². The number of carbonyl (C=O) groups excluding carboxylic acids is 2. The summed E-state index contributed by atoms with van der Waals surface area (Å²) < 4.78 is 41.2. The zero-order chi connectivity index (χ0) is 41.5. The van der Waals surface area contributed by atoms with Crippen molar-refractivity contribution in [2.75, 3.05) is 20.8 Å². The van der Waals surface area contributed by atoms with E-state index < -0.39 is 28.1 Å². The highest BCUT2D eigenvalue weighted by molar-refractivity contribution is 7.80. The first kappa shape index (κ1) is 55.8. The number of hydrogen-bond donors (Lipinski definition) is 3. The number of esters is 2. The number of aliphatic hydroxyl groups is 1. The minimum absolute atomic E-state index is 0.258. The largest absolute Gasteiger partial charge is 0.460 e. The van der Waals surface area contributed by atoms with Gasteiger partial charge in [-0.05, 0) is 33.7 Å². The van der Waals surface area contributed by atoms with Gasteiger partial charge in [0.25, 0.3) is 0 Å². The van der Waals surface area contributed by atoms with Crippen molar-refractivity contribution < 1.29 is 41.3 Å². The van der Waals surface area contributed by atoms with Crippen molar-refractivity contribution in [3.05, 3.63) is 0 Å². The third-order valence-corrected chi connectivity index (χ3v) is 11.4. The summed E-state index contributed by atoms with van der Waals surface area (Å²) in [5.74, 6) is -0.516. The maximum Gasteiger partial charge on any atom is 0.397 e. The van der Waals surface area contributed by atoms with Gasteiger partial charge in [0.1, 0.15) is 17.7 Å². The molecule has 0 spiro atoms. The number of hydrogen-bond acceptors (Lipinski definition) is 9. The molecule has 330 valence electrons. The highest BCUT2D eigenvalue weighted by Gasteiger charge is 2.44. The van der Waals surface area contributed by atoms with Gasteiger partial charge >= 0.3 is 22.3 Å². The Bertz CT molecular complexity index is 903. The van der Waals surface area contributed by atoms with Gasteiger partial charge in [0.05, 0.1) is 13.7 Å². The lowest BCUT2D eigenvalue weighted by atomic mass is 9.88. The molecule has 11 heteroatoms. The minimum Gasteiger partial charge on any atom is -0.460 e. The normalized spacial score (nSPS) is 13.7. The number of rotatable bonds is 39. The first-order valence-electron chi connectivity index (χ1n) is 22.7. The molecule has 0 aliphatic rings. The van der Waals surface area contributed by atoms with E-state index >= 15 is 0 Å². The molecule has 0 aromatic carbocycles. The first-order valence-corrected chi connectivity index (χ1v) is 24.0. The fourth-order valence-corrected chi connectivity index (χ4v) is 7.08. The van der Waals surface area contributed by atoms with Gasteiger partial charge in [-0.15, -0.1) is 0 Å². The van der Waals surface area contributed by atoms with Crippen LogP contribution in [0.1, 0.15) is 233 Å². The SMILES string of the molecule is CCCCCCCCCCCCCCCCCC(=O)OC(C)C(CO)(NC)C(C)OC(=O)CCCCCCCCCCCCCCCCC.COS(=O)(=O)O. The van der Waals surface area contributed by atoms with Crippen LogP contribution in [-0.4, -0.2) is 68.5 Å². The van der Waals surface area contributed by atoms with E-state index in [4.69, 9.17) is 14.0 Å². The van der Waals surface area contributed by atoms with Crippen LogP contribution in [0, 0.1) is 0 Å². The van der Waals surface area contributed by atoms with Crippen LogP contribution in [0.25, 0.3) is 0 Å². The van der Waals surface area contributed by atoms with Crippen LogP contribution in [-0.2, 0) is 33.6 Å². The number of carbonyl (C=O) groups is 2. The van der Waals surface area contributed by atoms with Crippen LogP contribution >= 0.6 is 0 Å². The van der Waals surface area contributed by atoms with E-state index in [1.807, 2.05) is 0 Å². The summed E-state index contributed by atoms with van der Waals surface area (Å²) in [6.07, 6.45) is 38.1. The van der Waals surface area contributed by atoms with Crippen molar-refractivity contribution in [3.8, 4) is 0 Å². The summed E-state index contributed by atoms with van der Waals surface area (Å²) in [5, 5.41) is 13.4. The summed E-state index contributed by atoms with van der Waals surface area (Å²) in [5.41, 5.74) is -1.05. The zero-order valence-corrected chi connectivity index (χ0v) is 37.5. The Labute approximate surface area is 339 Å². The van der Waals surface area contributed by atoms with Gasteiger partial charge in [0.15, 0.2) is 0 Å². The maximum atomic E-state index is 12.6. The van der Waals surface area contributed by atoms with Crippen molar-refractivity contribution in [2.45, 2.75) is 251 Å². The van der Waals surface area contributed by atoms with E-state index in [0.29, 0.717) is 12.8 Å². The van der Waals surface area contributed by atoms with E-state index in [2.05, 4.69) is 23.3 Å². The highest BCUT2D eigenvalue weighted by atomic mass is 32.3. The lowest BCUT2D eigenvalue weighted by Crippen LogP contribution is -2.64. The molecule has 0 bridgehead atoms. The molecule has 0 aliphatic heterocycles. The molecule has 0 saturated heterocycles. The van der Waals surface area contributed by atoms with Gasteiger partial charge in [-0.25, -0.2) is 0 Å². The fraction of sp³-hybridized carbons (Fsp3) is 0.955. The predicted molar refractivity (Wildman–Crippen MR) is 228 cm³/mol. The molecule has 0 amide bonds. The molecule has 10 nitrogen and oxygen atoms in total. The molecule has 0 aromatic rings. The molecule has 0 saturated carbocycles. The van der Waals surface area contributed by atoms with Gasteiger partial charge in [-0.1, -0.05) is 194 Å². The molecule has 2 atom stereocenters. The number of unbranched alkanes of at least 4 members (excludes halogenated alkanes) is 28. The molecular weight excluding hydrogens is 719 g/mol. The van der Waals surface area contributed by atoms with Crippen LogP contribution in [0.2, 0.25) is 0 Å². The number of ether oxygens (including phenoxy) is 2. The smallest absolute Gasteiger partial charge is 0.397 e. The van der Waals surface area contributed by atoms with E-state index in [9.17, 15) is 23.1 Å². The summed E-state index contributed by atoms with van der Waals surface area (Å²) in [7, 11) is -1.58. The second kappa shape index (κ2) is 39.6. The summed E-state index contributed by atoms with van der Waals surface area (Å²) >= 11 is 0. The van der Waals surface area contributed by atoms with Crippen molar-refractivity contribution in [3.63, 3.8) is 0 Å². The summed E-state index contributed by atoms with van der Waals surface area (Å²) in [6.45, 7) is 7.79. The second-order valence-corrected chi connectivity index (χ2v) is 16.9. The van der Waals surface area contributed by atoms with E-state index in [1.54, 1.807) is 20.9 Å². The lowest BCUT2D eigenvalue weighted by Gasteiger charge is -2.40. The van der Waals surface area contributed by atoms with E-state index in [1.165, 1.54) is 154 Å². The minimum atomic E-state index is -4.16. The van der Waals surface area contributed by atoms with Crippen molar-refractivity contribution in [2.24, 2.45) is 0 Å². The van der Waals surface area contributed by atoms with Gasteiger partial charge in [-0.2, -0.15) is 8.42 Å². The maximum absolute atomic E-state index is 12.6. The first-order chi connectivity index (χ1) is 26.4. The molecule has 0 aliphatic carbocycles. The van der Waals surface area contributed by atoms with Crippen LogP contribution in [0.5, 0.6) is 0 Å². The van der Waals surface area contributed by atoms with Crippen molar-refractivity contribution in [1.82, 2.24) is 5.32 Å². The highest BCUT2D eigenvalue weighted by Crippen LogP contribution is 2.23. The number of aliphatic hydroxyl groups excluding tert-OH is 1. The Balaban J connectivity index is 0. The Hall–Kier alpha value is -1.27. The Morgan fingerprint density at radius 1 is 0.527 bits per heavy atom. The molecule has 0 heterocycles. The average molecular weight is 808 g/mol. The Morgan fingerprint density at radius 3 is 0.927 bits per heavy atom. The van der Waals surface area contributed by atoms with Crippen molar-refractivity contribution >= 4 is 22.3 Å². The van der Waals surface area contributed by atoms with Crippen LogP contribution in [0.3, 0.4) is 0 Å². The van der Waals surface area contributed by atoms with Gasteiger partial charge in [0, 0.05) is 12.8 Å². The predicted octanol–water partition coefficient (Wildman–Crippen LogP) is 11.8. The third kappa shape index (κ3) is 35.6. The van der Waals surface area contributed by atoms with Crippen LogP contribution < -0.4 is 5.32 Å². The second-order valence-electron chi connectivity index (χ2n) is 15.7. The van der Waals surface area contributed by atoms with Crippen LogP contribution in [0.4, 0.5) is 0 Å². The summed E-state index contributed by atoms with van der Waals surface area (Å²) in [6, 6.07) is 0. The third-order valence-electron chi connectivity index (χ3n) is 11.0. The van der Waals surface area contributed by atoms with Gasteiger partial charge in [0.2, 0.25) is 0 Å². The van der Waals surface area contributed by atoms with Gasteiger partial charge in [-0.3, -0.25) is 18.3 Å². The van der Waals surface area contributed by atoms with E-state index in [0.717, 1.165) is 45.6 Å². The molecule has 0 aromatic heterocycles. The number of likely N-dealkylation sites (N-methyl/N-ethyl adjacent to an activating group) is 1. The topological polar surface area (TPSA) is 148 Å². The summed E-state index contributed by atoms with van der Waals surface area (Å²) in [4.78, 5) is 25.3. The van der Waals surface area contributed by atoms with Crippen LogP contribution in [0.15, 0.2) is 0 Å². The molecule has 0 rings (SSSR count). The average Bonchev–Trinajstić information content (AvgIpc) is 3.15. The fourth-order valence-electron chi connectivity index (χ4n) is 7.08. The molecule has 2 unspecified atom stereocenters. The quantitative estimate of drug-likeness (QED) is 0.0311. The Morgan fingerprint density at radius 2 is 0.745 bits per heavy atom. The molecule has 0 fully saturated rings. The standard InChI is InChI=1S/C43H85NO5.CH4O4S/c1-6-8-10-12-14-16-18-20-22-24-26-28-30-32-34-36-41(46)48-39(3)43(38-45,44-5)40(4)49-42(47)37-35-33-31-29-27-25-23-21-19-17-15-13-11-9-7-2;1-5-6(2,3)4/h39-40,44-45H,6-38H2,1-5H3;1H3,(H,2,3,4).